The molecule has 0 aliphatic carbocycles. The zero-order valence-electron chi connectivity index (χ0n) is 17.0. The van der Waals surface area contributed by atoms with Gasteiger partial charge in [-0.25, -0.2) is 0 Å². The number of anilines is 1. The molecule has 0 radical (unpaired) electrons. The molecule has 0 spiro atoms. The molecule has 1 aromatic heterocycles. The summed E-state index contributed by atoms with van der Waals surface area (Å²) in [7, 11) is 0. The molecule has 0 atom stereocenters. The number of benzene rings is 1. The molecule has 2 aromatic rings. The van der Waals surface area contributed by atoms with Gasteiger partial charge >= 0.3 is 12.4 Å². The van der Waals surface area contributed by atoms with Crippen LogP contribution in [0.25, 0.3) is 0 Å². The molecule has 0 saturated carbocycles. The van der Waals surface area contributed by atoms with Crippen molar-refractivity contribution in [3.63, 3.8) is 0 Å². The maximum Gasteiger partial charge on any atom is 0.416 e. The highest BCUT2D eigenvalue weighted by atomic mass is 19.4. The molecule has 0 saturated heterocycles. The summed E-state index contributed by atoms with van der Waals surface area (Å²) in [6.07, 6.45) is -0.750. The van der Waals surface area contributed by atoms with E-state index in [0.29, 0.717) is 25.0 Å². The number of aromatic nitrogens is 1. The Labute approximate surface area is 185 Å². The van der Waals surface area contributed by atoms with Gasteiger partial charge < -0.3 is 16.8 Å². The van der Waals surface area contributed by atoms with Crippen LogP contribution in [0.3, 0.4) is 0 Å². The number of allylic oxidation sites excluding steroid dienone is 3. The molecule has 6 nitrogen and oxygen atoms in total. The number of hydrogen-bond acceptors (Lipinski definition) is 4. The molecular formula is C21H20F6N4O2. The summed E-state index contributed by atoms with van der Waals surface area (Å²) in [6, 6.07) is 4.47. The lowest BCUT2D eigenvalue weighted by atomic mass is 10.1. The average Bonchev–Trinajstić information content (AvgIpc) is 2.73. The second-order valence-electron chi connectivity index (χ2n) is 6.33. The fraction of sp³-hybridized carbons (Fsp3) is 0.190. The Balaban J connectivity index is 0.00000172. The van der Waals surface area contributed by atoms with Crippen LogP contribution in [0.4, 0.5) is 32.0 Å². The van der Waals surface area contributed by atoms with Crippen LogP contribution in [0, 0.1) is 0 Å². The molecule has 0 fully saturated rings. The van der Waals surface area contributed by atoms with E-state index in [1.165, 1.54) is 12.2 Å². The lowest BCUT2D eigenvalue weighted by Gasteiger charge is -2.14. The molecule has 2 amide bonds. The number of nitrogens with zero attached hydrogens (tertiary/aromatic N) is 1. The first-order valence-corrected chi connectivity index (χ1v) is 9.16. The van der Waals surface area contributed by atoms with Crippen molar-refractivity contribution in [3.8, 4) is 0 Å². The van der Waals surface area contributed by atoms with Crippen LogP contribution in [-0.4, -0.2) is 17.3 Å². The number of amides is 2. The molecular weight excluding hydrogens is 454 g/mol. The molecule has 1 aromatic carbocycles. The van der Waals surface area contributed by atoms with Crippen molar-refractivity contribution < 1.29 is 35.9 Å². The van der Waals surface area contributed by atoms with Crippen molar-refractivity contribution in [3.05, 3.63) is 83.3 Å². The van der Waals surface area contributed by atoms with Gasteiger partial charge in [0, 0.05) is 18.1 Å². The Hall–Kier alpha value is -3.83. The molecule has 0 aliphatic rings. The molecule has 0 unspecified atom stereocenters. The van der Waals surface area contributed by atoms with Crippen LogP contribution in [-0.2, 0) is 28.4 Å². The first kappa shape index (κ1) is 27.2. The van der Waals surface area contributed by atoms with E-state index in [-0.39, 0.29) is 18.2 Å². The number of carbonyl (C=O) groups excluding carboxylic acids is 2. The van der Waals surface area contributed by atoms with E-state index in [9.17, 15) is 31.1 Å². The maximum absolute atomic E-state index is 12.9. The zero-order chi connectivity index (χ0) is 25.1. The lowest BCUT2D eigenvalue weighted by Crippen LogP contribution is -2.21. The second-order valence-corrected chi connectivity index (χ2v) is 6.33. The Morgan fingerprint density at radius 2 is 1.64 bits per heavy atom. The van der Waals surface area contributed by atoms with Crippen LogP contribution >= 0.6 is 0 Å². The lowest BCUT2D eigenvalue weighted by molar-refractivity contribution is -0.143. The molecule has 1 heterocycles. The minimum absolute atomic E-state index is 0.0279. The molecule has 0 bridgehead atoms. The number of alkyl halides is 6. The third kappa shape index (κ3) is 9.89. The number of pyridine rings is 1. The molecule has 2 rings (SSSR count). The van der Waals surface area contributed by atoms with E-state index in [1.807, 2.05) is 11.4 Å². The predicted octanol–water partition coefficient (Wildman–Crippen LogP) is 4.19. The Kier molecular flexibility index (Phi) is 10.1. The van der Waals surface area contributed by atoms with Crippen LogP contribution < -0.4 is 16.8 Å². The standard InChI is InChI=1S/C20H17F6N3O.CH3NO/c21-19(22,23)14-9-15(20(24,25)26)11-16(10-14)29-18(30)17(27)7-3-1-2-5-13-6-4-8-28-12-13;2-1-3/h1,3-4,6-12H,2,5,27H2,(H,29,30);1H,(H2,2,3)/b3-1-,17-7-;. The molecule has 0 aliphatic heterocycles. The van der Waals surface area contributed by atoms with Crippen LogP contribution in [0.15, 0.2) is 66.7 Å². The number of primary amides is 1. The minimum Gasteiger partial charge on any atom is -0.394 e. The smallest absolute Gasteiger partial charge is 0.394 e. The zero-order valence-corrected chi connectivity index (χ0v) is 17.0. The number of rotatable bonds is 6. The van der Waals surface area contributed by atoms with Gasteiger partial charge in [-0.1, -0.05) is 18.2 Å². The van der Waals surface area contributed by atoms with E-state index in [4.69, 9.17) is 10.5 Å². The Bertz CT molecular complexity index is 954. The van der Waals surface area contributed by atoms with Crippen molar-refractivity contribution in [2.24, 2.45) is 11.5 Å². The molecule has 5 N–H and O–H groups in total. The second kappa shape index (κ2) is 12.3. The van der Waals surface area contributed by atoms with Crippen molar-refractivity contribution in [1.82, 2.24) is 4.98 Å². The van der Waals surface area contributed by atoms with E-state index in [2.05, 4.69) is 10.7 Å². The van der Waals surface area contributed by atoms with Crippen LogP contribution in [0.2, 0.25) is 0 Å². The monoisotopic (exact) mass is 474 g/mol. The SMILES string of the molecule is N/C(=C\C=C/CCc1cccnc1)C(=O)Nc1cc(C(F)(F)F)cc(C(F)(F)F)c1.NC=O. The van der Waals surface area contributed by atoms with E-state index in [0.717, 1.165) is 5.56 Å². The van der Waals surface area contributed by atoms with Crippen LogP contribution in [0.5, 0.6) is 0 Å². The fourth-order valence-electron chi connectivity index (χ4n) is 2.37. The van der Waals surface area contributed by atoms with Gasteiger partial charge in [0.2, 0.25) is 6.41 Å². The topological polar surface area (TPSA) is 111 Å². The third-order valence-electron chi connectivity index (χ3n) is 3.84. The van der Waals surface area contributed by atoms with Crippen LogP contribution in [0.1, 0.15) is 23.1 Å². The van der Waals surface area contributed by atoms with Gasteiger partial charge in [-0.3, -0.25) is 14.6 Å². The highest BCUT2D eigenvalue weighted by Crippen LogP contribution is 2.37. The summed E-state index contributed by atoms with van der Waals surface area (Å²) in [6.45, 7) is 0. The number of hydrogen-bond donors (Lipinski definition) is 3. The van der Waals surface area contributed by atoms with Gasteiger partial charge in [0.25, 0.3) is 5.91 Å². The minimum atomic E-state index is -5.01. The number of nitrogens with one attached hydrogen (secondary N) is 1. The number of nitrogens with two attached hydrogens (primary N) is 2. The summed E-state index contributed by atoms with van der Waals surface area (Å²) in [5.41, 5.74) is 6.60. The molecule has 33 heavy (non-hydrogen) atoms. The quantitative estimate of drug-likeness (QED) is 0.252. The van der Waals surface area contributed by atoms with Crippen molar-refractivity contribution in [2.75, 3.05) is 5.32 Å². The van der Waals surface area contributed by atoms with Gasteiger partial charge in [0.1, 0.15) is 0 Å². The number of carbonyl (C=O) groups is 2. The van der Waals surface area contributed by atoms with Gasteiger partial charge in [0.05, 0.1) is 16.8 Å². The van der Waals surface area contributed by atoms with Gasteiger partial charge in [-0.05, 0) is 48.7 Å². The Morgan fingerprint density at radius 3 is 2.12 bits per heavy atom. The normalized spacial score (nSPS) is 12.1. The van der Waals surface area contributed by atoms with Gasteiger partial charge in [0.15, 0.2) is 0 Å². The third-order valence-corrected chi connectivity index (χ3v) is 3.84. The molecule has 12 heteroatoms. The van der Waals surface area contributed by atoms with E-state index < -0.39 is 35.1 Å². The van der Waals surface area contributed by atoms with Gasteiger partial charge in [-0.15, -0.1) is 0 Å². The maximum atomic E-state index is 12.9. The first-order valence-electron chi connectivity index (χ1n) is 9.16. The summed E-state index contributed by atoms with van der Waals surface area (Å²) in [5.74, 6) is -1.03. The summed E-state index contributed by atoms with van der Waals surface area (Å²) in [4.78, 5) is 24.6. The van der Waals surface area contributed by atoms with Crippen molar-refractivity contribution >= 4 is 18.0 Å². The van der Waals surface area contributed by atoms with E-state index >= 15 is 0 Å². The highest BCUT2D eigenvalue weighted by Gasteiger charge is 2.37. The largest absolute Gasteiger partial charge is 0.416 e. The van der Waals surface area contributed by atoms with Crippen molar-refractivity contribution in [2.45, 2.75) is 25.2 Å². The average molecular weight is 474 g/mol. The number of aryl methyl sites for hydroxylation is 1. The Morgan fingerprint density at radius 1 is 1.06 bits per heavy atom. The first-order chi connectivity index (χ1) is 15.4. The number of halogens is 6. The summed E-state index contributed by atoms with van der Waals surface area (Å²) >= 11 is 0. The predicted molar refractivity (Wildman–Crippen MR) is 109 cm³/mol. The van der Waals surface area contributed by atoms with E-state index in [1.54, 1.807) is 24.5 Å². The fourth-order valence-corrected chi connectivity index (χ4v) is 2.37. The summed E-state index contributed by atoms with van der Waals surface area (Å²) < 4.78 is 77.2. The summed E-state index contributed by atoms with van der Waals surface area (Å²) in [5, 5.41) is 1.96. The van der Waals surface area contributed by atoms with Gasteiger partial charge in [-0.2, -0.15) is 26.3 Å². The molecule has 178 valence electrons. The highest BCUT2D eigenvalue weighted by molar-refractivity contribution is 6.03. The van der Waals surface area contributed by atoms with Crippen molar-refractivity contribution in [1.29, 1.82) is 0 Å².